The predicted octanol–water partition coefficient (Wildman–Crippen LogP) is 6.53. The van der Waals surface area contributed by atoms with Crippen LogP contribution >= 0.6 is 11.6 Å². The lowest BCUT2D eigenvalue weighted by Crippen LogP contribution is -2.33. The molecule has 0 saturated heterocycles. The maximum atomic E-state index is 14.0. The number of sulfonamides is 1. The van der Waals surface area contributed by atoms with Gasteiger partial charge in [-0.2, -0.15) is 5.10 Å². The van der Waals surface area contributed by atoms with Gasteiger partial charge in [0.2, 0.25) is 0 Å². The quantitative estimate of drug-likeness (QED) is 0.113. The topological polar surface area (TPSA) is 114 Å². The zero-order valence-corrected chi connectivity index (χ0v) is 26.9. The molecule has 0 bridgehead atoms. The number of aryl methyl sites for hydroxylation is 1. The molecule has 0 aromatic heterocycles. The molecular formula is C34H34ClN3O6S. The first-order valence-electron chi connectivity index (χ1n) is 14.0. The number of halogens is 1. The minimum atomic E-state index is -4.08. The number of para-hydroxylation sites is 1. The Morgan fingerprint density at radius 1 is 0.911 bits per heavy atom. The molecule has 45 heavy (non-hydrogen) atoms. The van der Waals surface area contributed by atoms with Crippen molar-refractivity contribution in [1.82, 2.24) is 5.43 Å². The van der Waals surface area contributed by atoms with Gasteiger partial charge in [0.05, 0.1) is 28.9 Å². The highest BCUT2D eigenvalue weighted by Gasteiger charge is 2.28. The van der Waals surface area contributed by atoms with E-state index >= 15 is 0 Å². The number of anilines is 1. The number of nitrogens with one attached hydrogen (secondary N) is 1. The van der Waals surface area contributed by atoms with Gasteiger partial charge in [-0.1, -0.05) is 53.6 Å². The van der Waals surface area contributed by atoms with E-state index in [0.717, 1.165) is 5.56 Å². The minimum absolute atomic E-state index is 0.0384. The van der Waals surface area contributed by atoms with E-state index in [4.69, 9.17) is 21.1 Å². The second-order valence-corrected chi connectivity index (χ2v) is 13.4. The van der Waals surface area contributed by atoms with Crippen LogP contribution in [0.2, 0.25) is 5.02 Å². The van der Waals surface area contributed by atoms with Crippen LogP contribution in [0.1, 0.15) is 47.8 Å². The number of amides is 1. The van der Waals surface area contributed by atoms with Crippen molar-refractivity contribution in [3.05, 3.63) is 124 Å². The third kappa shape index (κ3) is 9.41. The first-order chi connectivity index (χ1) is 21.3. The molecule has 0 heterocycles. The molecule has 11 heteroatoms. The highest BCUT2D eigenvalue weighted by atomic mass is 35.5. The molecule has 0 spiro atoms. The SMILES string of the molecule is Cc1ccc(S(=O)(=O)N(Cc2ccc(Cl)cc2)c2ccccc2C(=O)NN=Cc2ccc(OCC(=O)OC(C)(C)C)cc2)cc1. The van der Waals surface area contributed by atoms with E-state index in [-0.39, 0.29) is 29.3 Å². The molecule has 1 amide bonds. The average Bonchev–Trinajstić information content (AvgIpc) is 2.99. The van der Waals surface area contributed by atoms with Crippen molar-refractivity contribution >= 4 is 45.4 Å². The van der Waals surface area contributed by atoms with Crippen molar-refractivity contribution in [2.45, 2.75) is 44.7 Å². The van der Waals surface area contributed by atoms with Gasteiger partial charge in [0.15, 0.2) is 6.61 Å². The van der Waals surface area contributed by atoms with Crippen molar-refractivity contribution in [3.8, 4) is 5.75 Å². The molecule has 0 fully saturated rings. The van der Waals surface area contributed by atoms with E-state index in [1.807, 2.05) is 6.92 Å². The fourth-order valence-corrected chi connectivity index (χ4v) is 5.76. The predicted molar refractivity (Wildman–Crippen MR) is 175 cm³/mol. The van der Waals surface area contributed by atoms with Crippen LogP contribution in [-0.2, 0) is 26.1 Å². The summed E-state index contributed by atoms with van der Waals surface area (Å²) in [7, 11) is -4.08. The van der Waals surface area contributed by atoms with E-state index in [2.05, 4.69) is 10.5 Å². The van der Waals surface area contributed by atoms with Gasteiger partial charge < -0.3 is 9.47 Å². The molecule has 9 nitrogen and oxygen atoms in total. The maximum absolute atomic E-state index is 14.0. The fourth-order valence-electron chi connectivity index (χ4n) is 4.16. The molecule has 0 atom stereocenters. The van der Waals surface area contributed by atoms with Crippen molar-refractivity contribution in [1.29, 1.82) is 0 Å². The van der Waals surface area contributed by atoms with Crippen molar-refractivity contribution < 1.29 is 27.5 Å². The van der Waals surface area contributed by atoms with Crippen LogP contribution in [0.4, 0.5) is 5.69 Å². The number of ether oxygens (including phenoxy) is 2. The highest BCUT2D eigenvalue weighted by molar-refractivity contribution is 7.92. The van der Waals surface area contributed by atoms with Gasteiger partial charge in [0, 0.05) is 5.02 Å². The Bertz CT molecular complexity index is 1770. The zero-order valence-electron chi connectivity index (χ0n) is 25.4. The summed E-state index contributed by atoms with van der Waals surface area (Å²) in [4.78, 5) is 25.3. The number of carbonyl (C=O) groups is 2. The molecule has 0 aliphatic heterocycles. The summed E-state index contributed by atoms with van der Waals surface area (Å²) in [5.41, 5.74) is 4.44. The van der Waals surface area contributed by atoms with E-state index in [9.17, 15) is 18.0 Å². The van der Waals surface area contributed by atoms with Crippen molar-refractivity contribution in [3.63, 3.8) is 0 Å². The van der Waals surface area contributed by atoms with Gasteiger partial charge in [-0.25, -0.2) is 18.6 Å². The zero-order chi connectivity index (χ0) is 32.6. The summed E-state index contributed by atoms with van der Waals surface area (Å²) in [6.45, 7) is 6.94. The Labute approximate surface area is 268 Å². The fraction of sp³-hybridized carbons (Fsp3) is 0.206. The molecular weight excluding hydrogens is 614 g/mol. The summed E-state index contributed by atoms with van der Waals surface area (Å²) < 4.78 is 39.8. The standard InChI is InChI=1S/C34H34ClN3O6S/c1-24-9-19-29(20-10-24)45(41,42)38(22-26-11-15-27(35)16-12-26)31-8-6-5-7-30(31)33(40)37-36-21-25-13-17-28(18-14-25)43-23-32(39)44-34(2,3)4/h5-21H,22-23H2,1-4H3,(H,37,40). The number of hydrazone groups is 1. The van der Waals surface area contributed by atoms with Gasteiger partial charge in [-0.3, -0.25) is 9.10 Å². The summed E-state index contributed by atoms with van der Waals surface area (Å²) >= 11 is 6.06. The second-order valence-electron chi connectivity index (χ2n) is 11.1. The second kappa shape index (κ2) is 14.4. The molecule has 1 N–H and O–H groups in total. The van der Waals surface area contributed by atoms with E-state index in [0.29, 0.717) is 21.9 Å². The van der Waals surface area contributed by atoms with Crippen molar-refractivity contribution in [2.24, 2.45) is 5.10 Å². The van der Waals surface area contributed by atoms with Gasteiger partial charge in [0.1, 0.15) is 11.4 Å². The third-order valence-electron chi connectivity index (χ3n) is 6.30. The van der Waals surface area contributed by atoms with Crippen LogP contribution in [0.15, 0.2) is 107 Å². The summed E-state index contributed by atoms with van der Waals surface area (Å²) in [6, 6.07) is 26.5. The minimum Gasteiger partial charge on any atom is -0.482 e. The van der Waals surface area contributed by atoms with Gasteiger partial charge >= 0.3 is 5.97 Å². The molecule has 0 aliphatic carbocycles. The van der Waals surface area contributed by atoms with Gasteiger partial charge in [-0.05, 0) is 99.5 Å². The van der Waals surface area contributed by atoms with Crippen molar-refractivity contribution in [2.75, 3.05) is 10.9 Å². The smallest absolute Gasteiger partial charge is 0.344 e. The third-order valence-corrected chi connectivity index (χ3v) is 8.33. The van der Waals surface area contributed by atoms with Gasteiger partial charge in [0.25, 0.3) is 15.9 Å². The van der Waals surface area contributed by atoms with Gasteiger partial charge in [-0.15, -0.1) is 0 Å². The average molecular weight is 648 g/mol. The van der Waals surface area contributed by atoms with E-state index < -0.39 is 27.5 Å². The number of hydrogen-bond acceptors (Lipinski definition) is 7. The lowest BCUT2D eigenvalue weighted by molar-refractivity contribution is -0.157. The number of esters is 1. The van der Waals surface area contributed by atoms with Crippen LogP contribution in [0, 0.1) is 6.92 Å². The molecule has 234 valence electrons. The first-order valence-corrected chi connectivity index (χ1v) is 15.8. The van der Waals surface area contributed by atoms with Crippen LogP contribution in [0.25, 0.3) is 0 Å². The van der Waals surface area contributed by atoms with Crippen LogP contribution < -0.4 is 14.5 Å². The Hall–Kier alpha value is -4.67. The normalized spacial score (nSPS) is 11.7. The molecule has 0 unspecified atom stereocenters. The number of nitrogens with zero attached hydrogens (tertiary/aromatic N) is 2. The lowest BCUT2D eigenvalue weighted by Gasteiger charge is -2.26. The van der Waals surface area contributed by atoms with E-state index in [1.165, 1.54) is 16.6 Å². The Morgan fingerprint density at radius 3 is 2.20 bits per heavy atom. The Morgan fingerprint density at radius 2 is 1.56 bits per heavy atom. The van der Waals surface area contributed by atoms with Crippen LogP contribution in [-0.4, -0.2) is 38.7 Å². The maximum Gasteiger partial charge on any atom is 0.344 e. The van der Waals surface area contributed by atoms with Crippen LogP contribution in [0.3, 0.4) is 0 Å². The highest BCUT2D eigenvalue weighted by Crippen LogP contribution is 2.30. The first kappa shape index (κ1) is 33.2. The summed E-state index contributed by atoms with van der Waals surface area (Å²) in [6.07, 6.45) is 1.44. The Kier molecular flexibility index (Phi) is 10.6. The number of benzene rings is 4. The van der Waals surface area contributed by atoms with Crippen LogP contribution in [0.5, 0.6) is 5.75 Å². The largest absolute Gasteiger partial charge is 0.482 e. The number of carbonyl (C=O) groups excluding carboxylic acids is 2. The molecule has 4 aromatic rings. The summed E-state index contributed by atoms with van der Waals surface area (Å²) in [5, 5.41) is 4.58. The Balaban J connectivity index is 1.52. The molecule has 0 aliphatic rings. The molecule has 0 saturated carbocycles. The van der Waals surface area contributed by atoms with E-state index in [1.54, 1.807) is 112 Å². The molecule has 4 rings (SSSR count). The molecule has 0 radical (unpaired) electrons. The monoisotopic (exact) mass is 647 g/mol. The number of rotatable bonds is 11. The molecule has 4 aromatic carbocycles. The number of hydrogen-bond donors (Lipinski definition) is 1. The summed E-state index contributed by atoms with van der Waals surface area (Å²) in [5.74, 6) is -0.611. The lowest BCUT2D eigenvalue weighted by atomic mass is 10.1.